The van der Waals surface area contributed by atoms with Gasteiger partial charge in [-0.15, -0.1) is 0 Å². The predicted molar refractivity (Wildman–Crippen MR) is 50.8 cm³/mol. The van der Waals surface area contributed by atoms with E-state index in [9.17, 15) is 14.9 Å². The molecule has 0 atom stereocenters. The third-order valence-electron chi connectivity index (χ3n) is 1.44. The summed E-state index contributed by atoms with van der Waals surface area (Å²) in [6.07, 6.45) is 4.31. The molecule has 2 rings (SSSR count). The topological polar surface area (TPSA) is 138 Å². The molecule has 0 aliphatic rings. The van der Waals surface area contributed by atoms with Crippen molar-refractivity contribution in [2.24, 2.45) is 0 Å². The Bertz CT molecular complexity index is 417. The number of H-pyrrole nitrogens is 2. The minimum atomic E-state index is -1.39. The van der Waals surface area contributed by atoms with E-state index in [2.05, 4.69) is 15.3 Å². The molecule has 2 heterocycles. The third-order valence-corrected chi connectivity index (χ3v) is 1.44. The molecule has 2 aromatic rings. The van der Waals surface area contributed by atoms with Crippen LogP contribution in [-0.2, 0) is 0 Å². The van der Waals surface area contributed by atoms with Crippen LogP contribution in [0.15, 0.2) is 24.7 Å². The van der Waals surface area contributed by atoms with Crippen LogP contribution in [0.4, 0.5) is 5.69 Å². The molecule has 2 aromatic heterocycles. The van der Waals surface area contributed by atoms with E-state index in [0.717, 1.165) is 6.20 Å². The van der Waals surface area contributed by atoms with Gasteiger partial charge in [0.25, 0.3) is 0 Å². The van der Waals surface area contributed by atoms with Crippen molar-refractivity contribution in [3.8, 4) is 0 Å². The second kappa shape index (κ2) is 5.24. The summed E-state index contributed by atoms with van der Waals surface area (Å²) in [4.78, 5) is 19.5. The molecule has 0 bridgehead atoms. The zero-order valence-corrected chi connectivity index (χ0v) is 7.82. The highest BCUT2D eigenvalue weighted by Gasteiger charge is 2.21. The summed E-state index contributed by atoms with van der Waals surface area (Å²) in [5.74, 6) is -1.39. The number of carboxylic acids is 1. The molecule has 0 fully saturated rings. The van der Waals surface area contributed by atoms with Crippen LogP contribution in [0.3, 0.4) is 0 Å². The highest BCUT2D eigenvalue weighted by atomic mass is 16.6. The third kappa shape index (κ3) is 2.90. The predicted octanol–water partition coefficient (Wildman–Crippen LogP) is 0.426. The standard InChI is InChI=1S/C4H3N3O4.C3H4N2/c8-4(9)3-2(7(10)11)1-5-6-3;1-2-4-5-3-1/h1H,(H,5,6)(H,8,9);1-3H,(H,4,5). The fourth-order valence-electron chi connectivity index (χ4n) is 0.791. The fourth-order valence-corrected chi connectivity index (χ4v) is 0.791. The molecule has 0 saturated heterocycles. The van der Waals surface area contributed by atoms with Gasteiger partial charge < -0.3 is 5.11 Å². The summed E-state index contributed by atoms with van der Waals surface area (Å²) in [6, 6.07) is 1.83. The molecule has 9 heteroatoms. The Balaban J connectivity index is 0.000000212. The molecular weight excluding hydrogens is 218 g/mol. The van der Waals surface area contributed by atoms with Gasteiger partial charge in [0, 0.05) is 12.4 Å². The Morgan fingerprint density at radius 3 is 2.56 bits per heavy atom. The molecular formula is C7H7N5O4. The second-order valence-electron chi connectivity index (χ2n) is 2.46. The van der Waals surface area contributed by atoms with Crippen LogP contribution in [0, 0.1) is 10.1 Å². The number of aromatic nitrogens is 4. The second-order valence-corrected chi connectivity index (χ2v) is 2.46. The lowest BCUT2D eigenvalue weighted by atomic mass is 10.4. The van der Waals surface area contributed by atoms with Crippen molar-refractivity contribution >= 4 is 11.7 Å². The molecule has 0 saturated carbocycles. The average molecular weight is 225 g/mol. The first-order valence-electron chi connectivity index (χ1n) is 3.97. The van der Waals surface area contributed by atoms with Gasteiger partial charge in [-0.05, 0) is 6.07 Å². The number of nitrogens with zero attached hydrogens (tertiary/aromatic N) is 3. The highest BCUT2D eigenvalue weighted by Crippen LogP contribution is 2.13. The van der Waals surface area contributed by atoms with E-state index in [1.165, 1.54) is 0 Å². The maximum Gasteiger partial charge on any atom is 0.361 e. The number of aromatic amines is 2. The highest BCUT2D eigenvalue weighted by molar-refractivity contribution is 5.89. The first-order valence-corrected chi connectivity index (χ1v) is 3.97. The number of rotatable bonds is 2. The van der Waals surface area contributed by atoms with E-state index in [0.29, 0.717) is 0 Å². The van der Waals surface area contributed by atoms with E-state index in [1.54, 1.807) is 12.4 Å². The first kappa shape index (κ1) is 11.4. The van der Waals surface area contributed by atoms with Crippen LogP contribution in [0.5, 0.6) is 0 Å². The minimum absolute atomic E-state index is 0.505. The number of aromatic carboxylic acids is 1. The molecule has 84 valence electrons. The number of carboxylic acid groups (broad SMARTS) is 1. The Morgan fingerprint density at radius 1 is 1.50 bits per heavy atom. The minimum Gasteiger partial charge on any atom is -0.476 e. The van der Waals surface area contributed by atoms with Crippen molar-refractivity contribution in [2.45, 2.75) is 0 Å². The summed E-state index contributed by atoms with van der Waals surface area (Å²) >= 11 is 0. The van der Waals surface area contributed by atoms with Crippen LogP contribution in [0.1, 0.15) is 10.5 Å². The van der Waals surface area contributed by atoms with Gasteiger partial charge in [-0.3, -0.25) is 20.3 Å². The van der Waals surface area contributed by atoms with E-state index >= 15 is 0 Å². The van der Waals surface area contributed by atoms with Gasteiger partial charge in [0.1, 0.15) is 6.20 Å². The normalized spacial score (nSPS) is 9.00. The zero-order chi connectivity index (χ0) is 12.0. The lowest BCUT2D eigenvalue weighted by molar-refractivity contribution is -0.385. The van der Waals surface area contributed by atoms with Crippen molar-refractivity contribution in [2.75, 3.05) is 0 Å². The SMILES string of the molecule is O=C(O)c1[nH]ncc1[N+](=O)[O-].c1cn[nH]c1. The van der Waals surface area contributed by atoms with Crippen LogP contribution in [0.2, 0.25) is 0 Å². The summed E-state index contributed by atoms with van der Waals surface area (Å²) in [5.41, 5.74) is -1.03. The van der Waals surface area contributed by atoms with Crippen molar-refractivity contribution in [1.82, 2.24) is 20.4 Å². The van der Waals surface area contributed by atoms with Crippen molar-refractivity contribution < 1.29 is 14.8 Å². The molecule has 0 radical (unpaired) electrons. The molecule has 16 heavy (non-hydrogen) atoms. The summed E-state index contributed by atoms with van der Waals surface area (Å²) in [5, 5.41) is 29.8. The van der Waals surface area contributed by atoms with Gasteiger partial charge in [0.2, 0.25) is 5.69 Å². The van der Waals surface area contributed by atoms with Crippen LogP contribution >= 0.6 is 0 Å². The number of nitro groups is 1. The molecule has 0 unspecified atom stereocenters. The number of hydrogen-bond donors (Lipinski definition) is 3. The van der Waals surface area contributed by atoms with E-state index < -0.39 is 22.3 Å². The van der Waals surface area contributed by atoms with Crippen LogP contribution in [0.25, 0.3) is 0 Å². The zero-order valence-electron chi connectivity index (χ0n) is 7.82. The van der Waals surface area contributed by atoms with E-state index in [4.69, 9.17) is 5.11 Å². The Morgan fingerprint density at radius 2 is 2.25 bits per heavy atom. The van der Waals surface area contributed by atoms with Gasteiger partial charge in [-0.1, -0.05) is 0 Å². The van der Waals surface area contributed by atoms with E-state index in [1.807, 2.05) is 11.2 Å². The fraction of sp³-hybridized carbons (Fsp3) is 0. The number of nitrogens with one attached hydrogen (secondary N) is 2. The quantitative estimate of drug-likeness (QED) is 0.500. The Kier molecular flexibility index (Phi) is 3.72. The van der Waals surface area contributed by atoms with Gasteiger partial charge >= 0.3 is 11.7 Å². The van der Waals surface area contributed by atoms with Gasteiger partial charge in [0.15, 0.2) is 0 Å². The average Bonchev–Trinajstić information content (AvgIpc) is 2.92. The maximum absolute atomic E-state index is 10.2. The van der Waals surface area contributed by atoms with Gasteiger partial charge in [-0.2, -0.15) is 10.2 Å². The molecule has 9 nitrogen and oxygen atoms in total. The lowest BCUT2D eigenvalue weighted by Gasteiger charge is -1.86. The van der Waals surface area contributed by atoms with Crippen molar-refractivity contribution in [3.63, 3.8) is 0 Å². The molecule has 0 aromatic carbocycles. The lowest BCUT2D eigenvalue weighted by Crippen LogP contribution is -2.00. The first-order chi connectivity index (χ1) is 7.63. The Labute approximate surface area is 88.3 Å². The maximum atomic E-state index is 10.2. The van der Waals surface area contributed by atoms with Crippen LogP contribution in [-0.4, -0.2) is 36.4 Å². The molecule has 0 aliphatic carbocycles. The van der Waals surface area contributed by atoms with Gasteiger partial charge in [-0.25, -0.2) is 4.79 Å². The van der Waals surface area contributed by atoms with E-state index in [-0.39, 0.29) is 0 Å². The van der Waals surface area contributed by atoms with Crippen molar-refractivity contribution in [3.05, 3.63) is 40.5 Å². The summed E-state index contributed by atoms with van der Waals surface area (Å²) in [6.45, 7) is 0. The molecule has 0 aliphatic heterocycles. The largest absolute Gasteiger partial charge is 0.476 e. The molecule has 0 amide bonds. The van der Waals surface area contributed by atoms with Crippen molar-refractivity contribution in [1.29, 1.82) is 0 Å². The molecule has 0 spiro atoms. The Hall–Kier alpha value is -2.71. The monoisotopic (exact) mass is 225 g/mol. The molecule has 3 N–H and O–H groups in total. The summed E-state index contributed by atoms with van der Waals surface area (Å²) in [7, 11) is 0. The number of hydrogen-bond acceptors (Lipinski definition) is 5. The van der Waals surface area contributed by atoms with Gasteiger partial charge in [0.05, 0.1) is 4.92 Å². The number of carbonyl (C=O) groups is 1. The van der Waals surface area contributed by atoms with Crippen LogP contribution < -0.4 is 0 Å². The smallest absolute Gasteiger partial charge is 0.361 e. The summed E-state index contributed by atoms with van der Waals surface area (Å²) < 4.78 is 0.